The van der Waals surface area contributed by atoms with Gasteiger partial charge >= 0.3 is 0 Å². The molecule has 68 valence electrons. The molecule has 0 fully saturated rings. The normalized spacial score (nSPS) is 9.31. The molecule has 0 bridgehead atoms. The Kier molecular flexibility index (Phi) is 3.06. The van der Waals surface area contributed by atoms with Crippen LogP contribution in [0.25, 0.3) is 10.9 Å². The van der Waals surface area contributed by atoms with Gasteiger partial charge in [0.15, 0.2) is 0 Å². The molecule has 0 unspecified atom stereocenters. The molecule has 0 saturated carbocycles. The van der Waals surface area contributed by atoms with Gasteiger partial charge in [-0.15, -0.1) is 12.4 Å². The van der Waals surface area contributed by atoms with Crippen molar-refractivity contribution in [2.75, 3.05) is 5.48 Å². The number of halogens is 1. The predicted molar refractivity (Wildman–Crippen MR) is 54.4 cm³/mol. The number of fused-ring (bicyclic) bond motifs is 1. The van der Waals surface area contributed by atoms with Crippen LogP contribution in [0.4, 0.5) is 5.69 Å². The van der Waals surface area contributed by atoms with E-state index in [1.54, 1.807) is 12.3 Å². The summed E-state index contributed by atoms with van der Waals surface area (Å²) >= 11 is 0. The smallest absolute Gasteiger partial charge is 0.0723 e. The lowest BCUT2D eigenvalue weighted by molar-refractivity contribution is 0.390. The van der Waals surface area contributed by atoms with Gasteiger partial charge < -0.3 is 0 Å². The molecule has 0 spiro atoms. The number of pyridine rings is 1. The van der Waals surface area contributed by atoms with Gasteiger partial charge in [0, 0.05) is 11.6 Å². The maximum absolute atomic E-state index is 8.76. The van der Waals surface area contributed by atoms with E-state index in [4.69, 9.17) is 5.21 Å². The quantitative estimate of drug-likeness (QED) is 0.689. The largest absolute Gasteiger partial charge is 0.291 e. The van der Waals surface area contributed by atoms with Gasteiger partial charge in [-0.1, -0.05) is 18.2 Å². The topological polar surface area (TPSA) is 45.1 Å². The first-order valence-electron chi connectivity index (χ1n) is 3.65. The molecular formula is C9H9ClN2O. The van der Waals surface area contributed by atoms with Crippen molar-refractivity contribution in [1.82, 2.24) is 4.98 Å². The molecule has 0 aliphatic rings. The summed E-state index contributed by atoms with van der Waals surface area (Å²) in [5.41, 5.74) is 3.68. The van der Waals surface area contributed by atoms with E-state index in [2.05, 4.69) is 10.5 Å². The van der Waals surface area contributed by atoms with Gasteiger partial charge in [0.25, 0.3) is 0 Å². The first-order chi connectivity index (χ1) is 5.92. The number of benzene rings is 1. The Balaban J connectivity index is 0.000000845. The zero-order valence-corrected chi connectivity index (χ0v) is 7.58. The van der Waals surface area contributed by atoms with Crippen LogP contribution in [0.5, 0.6) is 0 Å². The van der Waals surface area contributed by atoms with Crippen LogP contribution in [0.15, 0.2) is 36.5 Å². The van der Waals surface area contributed by atoms with Crippen LogP contribution in [0.3, 0.4) is 0 Å². The molecule has 1 aromatic heterocycles. The second-order valence-corrected chi connectivity index (χ2v) is 2.49. The second kappa shape index (κ2) is 4.07. The summed E-state index contributed by atoms with van der Waals surface area (Å²) in [7, 11) is 0. The average molecular weight is 197 g/mol. The lowest BCUT2D eigenvalue weighted by Crippen LogP contribution is -1.90. The SMILES string of the molecule is Cl.ONc1ccnc2ccccc12. The number of rotatable bonds is 1. The third kappa shape index (κ3) is 1.71. The fraction of sp³-hybridized carbons (Fsp3) is 0. The molecule has 1 heterocycles. The summed E-state index contributed by atoms with van der Waals surface area (Å²) in [5.74, 6) is 0. The molecule has 0 radical (unpaired) electrons. The van der Waals surface area contributed by atoms with Crippen LogP contribution in [-0.2, 0) is 0 Å². The summed E-state index contributed by atoms with van der Waals surface area (Å²) in [6.07, 6.45) is 1.65. The monoisotopic (exact) mass is 196 g/mol. The Morgan fingerprint density at radius 1 is 1.15 bits per heavy atom. The van der Waals surface area contributed by atoms with Gasteiger partial charge in [0.05, 0.1) is 11.2 Å². The lowest BCUT2D eigenvalue weighted by Gasteiger charge is -2.02. The summed E-state index contributed by atoms with van der Waals surface area (Å²) in [6, 6.07) is 9.35. The van der Waals surface area contributed by atoms with Crippen LogP contribution >= 0.6 is 12.4 Å². The molecule has 4 heteroatoms. The maximum Gasteiger partial charge on any atom is 0.0723 e. The van der Waals surface area contributed by atoms with Crippen molar-refractivity contribution >= 4 is 29.0 Å². The van der Waals surface area contributed by atoms with Gasteiger partial charge in [-0.2, -0.15) is 0 Å². The minimum atomic E-state index is 0. The molecule has 1 aromatic carbocycles. The summed E-state index contributed by atoms with van der Waals surface area (Å²) in [5, 5.41) is 9.68. The van der Waals surface area contributed by atoms with Gasteiger partial charge in [-0.25, -0.2) is 0 Å². The number of para-hydroxylation sites is 1. The van der Waals surface area contributed by atoms with Crippen LogP contribution in [0, 0.1) is 0 Å². The minimum absolute atomic E-state index is 0. The van der Waals surface area contributed by atoms with Crippen molar-refractivity contribution in [3.05, 3.63) is 36.5 Å². The van der Waals surface area contributed by atoms with Crippen molar-refractivity contribution in [2.45, 2.75) is 0 Å². The average Bonchev–Trinajstić information content (AvgIpc) is 2.17. The molecule has 3 nitrogen and oxygen atoms in total. The standard InChI is InChI=1S/C9H8N2O.ClH/c12-11-9-5-6-10-8-4-2-1-3-7(8)9;/h1-6,12H,(H,10,11);1H. The molecule has 2 N–H and O–H groups in total. The van der Waals surface area contributed by atoms with Crippen LogP contribution < -0.4 is 5.48 Å². The molecular weight excluding hydrogens is 188 g/mol. The minimum Gasteiger partial charge on any atom is -0.291 e. The first-order valence-corrected chi connectivity index (χ1v) is 3.65. The van der Waals surface area contributed by atoms with Crippen LogP contribution in [0.1, 0.15) is 0 Å². The van der Waals surface area contributed by atoms with Crippen molar-refractivity contribution in [3.63, 3.8) is 0 Å². The predicted octanol–water partition coefficient (Wildman–Crippen LogP) is 2.46. The Hall–Kier alpha value is -1.32. The van der Waals surface area contributed by atoms with Crippen LogP contribution in [-0.4, -0.2) is 10.2 Å². The summed E-state index contributed by atoms with van der Waals surface area (Å²) < 4.78 is 0. The molecule has 13 heavy (non-hydrogen) atoms. The lowest BCUT2D eigenvalue weighted by atomic mass is 10.2. The highest BCUT2D eigenvalue weighted by molar-refractivity contribution is 5.90. The van der Waals surface area contributed by atoms with Gasteiger partial charge in [0.1, 0.15) is 0 Å². The molecule has 0 atom stereocenters. The molecule has 2 rings (SSSR count). The van der Waals surface area contributed by atoms with Gasteiger partial charge in [-0.05, 0) is 12.1 Å². The zero-order valence-electron chi connectivity index (χ0n) is 6.77. The molecule has 0 amide bonds. The maximum atomic E-state index is 8.76. The number of hydrogen-bond donors (Lipinski definition) is 2. The molecule has 0 saturated heterocycles. The van der Waals surface area contributed by atoms with Crippen molar-refractivity contribution in [3.8, 4) is 0 Å². The number of hydrogen-bond acceptors (Lipinski definition) is 3. The highest BCUT2D eigenvalue weighted by Crippen LogP contribution is 2.19. The fourth-order valence-corrected chi connectivity index (χ4v) is 1.19. The van der Waals surface area contributed by atoms with E-state index in [1.807, 2.05) is 24.3 Å². The van der Waals surface area contributed by atoms with E-state index in [1.165, 1.54) is 0 Å². The Morgan fingerprint density at radius 3 is 2.69 bits per heavy atom. The third-order valence-corrected chi connectivity index (χ3v) is 1.77. The second-order valence-electron chi connectivity index (χ2n) is 2.49. The fourth-order valence-electron chi connectivity index (χ4n) is 1.19. The first kappa shape index (κ1) is 9.77. The van der Waals surface area contributed by atoms with Crippen molar-refractivity contribution < 1.29 is 5.21 Å². The van der Waals surface area contributed by atoms with E-state index in [0.717, 1.165) is 10.9 Å². The zero-order chi connectivity index (χ0) is 8.39. The van der Waals surface area contributed by atoms with Crippen LogP contribution in [0.2, 0.25) is 0 Å². The van der Waals surface area contributed by atoms with Crippen molar-refractivity contribution in [2.24, 2.45) is 0 Å². The number of aromatic nitrogens is 1. The summed E-state index contributed by atoms with van der Waals surface area (Å²) in [4.78, 5) is 4.14. The Labute approximate surface area is 81.8 Å². The number of nitrogens with zero attached hydrogens (tertiary/aromatic N) is 1. The molecule has 0 aliphatic carbocycles. The third-order valence-electron chi connectivity index (χ3n) is 1.77. The highest BCUT2D eigenvalue weighted by atomic mass is 35.5. The van der Waals surface area contributed by atoms with Crippen molar-refractivity contribution in [1.29, 1.82) is 0 Å². The molecule has 0 aliphatic heterocycles. The Morgan fingerprint density at radius 2 is 1.92 bits per heavy atom. The van der Waals surface area contributed by atoms with E-state index in [-0.39, 0.29) is 12.4 Å². The van der Waals surface area contributed by atoms with E-state index >= 15 is 0 Å². The highest BCUT2D eigenvalue weighted by Gasteiger charge is 1.97. The molecule has 2 aromatic rings. The number of nitrogens with one attached hydrogen (secondary N) is 1. The number of anilines is 1. The van der Waals surface area contributed by atoms with Gasteiger partial charge in [-0.3, -0.25) is 15.7 Å². The van der Waals surface area contributed by atoms with E-state index < -0.39 is 0 Å². The summed E-state index contributed by atoms with van der Waals surface area (Å²) in [6.45, 7) is 0. The van der Waals surface area contributed by atoms with E-state index in [0.29, 0.717) is 5.69 Å². The van der Waals surface area contributed by atoms with Gasteiger partial charge in [0.2, 0.25) is 0 Å². The van der Waals surface area contributed by atoms with E-state index in [9.17, 15) is 0 Å². The Bertz CT molecular complexity index is 400.